The van der Waals surface area contributed by atoms with Crippen molar-refractivity contribution < 1.29 is 14.3 Å². The lowest BCUT2D eigenvalue weighted by Gasteiger charge is -2.10. The largest absolute Gasteiger partial charge is 0.469 e. The van der Waals surface area contributed by atoms with Crippen LogP contribution in [-0.4, -0.2) is 33.5 Å². The van der Waals surface area contributed by atoms with Gasteiger partial charge in [0.2, 0.25) is 0 Å². The van der Waals surface area contributed by atoms with E-state index in [4.69, 9.17) is 0 Å². The van der Waals surface area contributed by atoms with E-state index in [0.29, 0.717) is 5.65 Å². The van der Waals surface area contributed by atoms with E-state index >= 15 is 0 Å². The molecule has 0 atom stereocenters. The molecule has 0 radical (unpaired) electrons. The molecule has 0 saturated carbocycles. The summed E-state index contributed by atoms with van der Waals surface area (Å²) >= 11 is 0. The quantitative estimate of drug-likeness (QED) is 0.554. The number of carbonyl (C=O) groups is 2. The summed E-state index contributed by atoms with van der Waals surface area (Å²) < 4.78 is 5.69. The number of hydrogen-bond acceptors (Lipinski definition) is 5. The van der Waals surface area contributed by atoms with Gasteiger partial charge in [0.15, 0.2) is 5.65 Å². The van der Waals surface area contributed by atoms with E-state index in [1.807, 2.05) is 13.1 Å². The lowest BCUT2D eigenvalue weighted by Crippen LogP contribution is -2.14. The second kappa shape index (κ2) is 8.65. The third kappa shape index (κ3) is 4.73. The minimum Gasteiger partial charge on any atom is -0.469 e. The Hall–Kier alpha value is -3.22. The third-order valence-electron chi connectivity index (χ3n) is 4.19. The number of nitrogens with zero attached hydrogens (tertiary/aromatic N) is 2. The van der Waals surface area contributed by atoms with Gasteiger partial charge in [-0.1, -0.05) is 17.7 Å². The van der Waals surface area contributed by atoms with Crippen molar-refractivity contribution in [1.82, 2.24) is 14.6 Å². The topological polar surface area (TPSA) is 93.5 Å². The number of methoxy groups -OCH3 is 1. The first kappa shape index (κ1) is 21.1. The van der Waals surface area contributed by atoms with E-state index < -0.39 is 5.97 Å². The Labute approximate surface area is 163 Å². The first-order chi connectivity index (χ1) is 13.1. The van der Waals surface area contributed by atoms with E-state index in [2.05, 4.69) is 47.7 Å². The number of rotatable bonds is 3. The fourth-order valence-corrected chi connectivity index (χ4v) is 3.16. The molecule has 0 unspecified atom stereocenters. The average Bonchev–Trinajstić information content (AvgIpc) is 2.98. The number of fused-ring (bicyclic) bond motifs is 1. The predicted octanol–water partition coefficient (Wildman–Crippen LogP) is 3.06. The molecule has 2 aromatic heterocycles. The van der Waals surface area contributed by atoms with Gasteiger partial charge in [0.25, 0.3) is 5.56 Å². The molecule has 0 saturated heterocycles. The summed E-state index contributed by atoms with van der Waals surface area (Å²) in [6, 6.07) is 5.83. The monoisotopic (exact) mass is 383 g/mol. The predicted molar refractivity (Wildman–Crippen MR) is 108 cm³/mol. The Kier molecular flexibility index (Phi) is 6.51. The van der Waals surface area contributed by atoms with Gasteiger partial charge in [-0.25, -0.2) is 9.50 Å². The SMILES string of the molecule is COC(=O)CC(C)=O.Cc1cc(C)c(-c2c[nH]n3c(=O)cc(C)nc23)c(C)c1. The first-order valence-electron chi connectivity index (χ1n) is 8.86. The van der Waals surface area contributed by atoms with Crippen molar-refractivity contribution in [2.45, 2.75) is 41.0 Å². The van der Waals surface area contributed by atoms with Crippen molar-refractivity contribution in [3.63, 3.8) is 0 Å². The number of benzene rings is 1. The van der Waals surface area contributed by atoms with E-state index in [1.165, 1.54) is 41.3 Å². The molecule has 0 spiro atoms. The third-order valence-corrected chi connectivity index (χ3v) is 4.19. The molecular weight excluding hydrogens is 358 g/mol. The van der Waals surface area contributed by atoms with Crippen LogP contribution in [0.2, 0.25) is 0 Å². The molecule has 0 aliphatic rings. The lowest BCUT2D eigenvalue weighted by molar-refractivity contribution is -0.142. The molecule has 28 heavy (non-hydrogen) atoms. The van der Waals surface area contributed by atoms with Gasteiger partial charge in [-0.05, 0) is 51.3 Å². The molecule has 0 bridgehead atoms. The maximum atomic E-state index is 12.0. The van der Waals surface area contributed by atoms with Gasteiger partial charge >= 0.3 is 5.97 Å². The van der Waals surface area contributed by atoms with Crippen molar-refractivity contribution in [3.05, 3.63) is 57.1 Å². The molecule has 3 aromatic rings. The van der Waals surface area contributed by atoms with Crippen LogP contribution in [0.1, 0.15) is 35.7 Å². The summed E-state index contributed by atoms with van der Waals surface area (Å²) in [7, 11) is 1.26. The summed E-state index contributed by atoms with van der Waals surface area (Å²) in [4.78, 5) is 36.8. The molecule has 0 amide bonds. The second-order valence-corrected chi connectivity index (χ2v) is 6.81. The van der Waals surface area contributed by atoms with E-state index in [9.17, 15) is 14.4 Å². The highest BCUT2D eigenvalue weighted by molar-refractivity contribution is 5.94. The van der Waals surface area contributed by atoms with Crippen LogP contribution < -0.4 is 5.56 Å². The summed E-state index contributed by atoms with van der Waals surface area (Å²) in [5.74, 6) is -0.644. The zero-order valence-corrected chi connectivity index (χ0v) is 17.0. The summed E-state index contributed by atoms with van der Waals surface area (Å²) in [5.41, 5.74) is 7.08. The smallest absolute Gasteiger partial charge is 0.313 e. The van der Waals surface area contributed by atoms with Crippen LogP contribution in [0.5, 0.6) is 0 Å². The minimum atomic E-state index is -0.475. The fourth-order valence-electron chi connectivity index (χ4n) is 3.16. The van der Waals surface area contributed by atoms with E-state index in [0.717, 1.165) is 16.8 Å². The first-order valence-corrected chi connectivity index (χ1v) is 8.86. The fraction of sp³-hybridized carbons (Fsp3) is 0.333. The van der Waals surface area contributed by atoms with Crippen molar-refractivity contribution in [2.24, 2.45) is 0 Å². The Morgan fingerprint density at radius 2 is 1.71 bits per heavy atom. The number of esters is 1. The molecular formula is C21H25N3O4. The van der Waals surface area contributed by atoms with E-state index in [1.54, 1.807) is 0 Å². The molecule has 1 aromatic carbocycles. The number of aryl methyl sites for hydroxylation is 4. The lowest BCUT2D eigenvalue weighted by atomic mass is 9.95. The number of H-pyrrole nitrogens is 1. The zero-order chi connectivity index (χ0) is 21.0. The van der Waals surface area contributed by atoms with Crippen molar-refractivity contribution in [1.29, 1.82) is 0 Å². The van der Waals surface area contributed by atoms with Crippen LogP contribution in [0.3, 0.4) is 0 Å². The van der Waals surface area contributed by atoms with Gasteiger partial charge in [0, 0.05) is 23.5 Å². The average molecular weight is 383 g/mol. The number of aromatic nitrogens is 3. The summed E-state index contributed by atoms with van der Waals surface area (Å²) in [6.07, 6.45) is 1.74. The van der Waals surface area contributed by atoms with Gasteiger partial charge < -0.3 is 4.74 Å². The van der Waals surface area contributed by atoms with E-state index in [-0.39, 0.29) is 17.8 Å². The normalized spacial score (nSPS) is 10.4. The Morgan fingerprint density at radius 1 is 1.11 bits per heavy atom. The second-order valence-electron chi connectivity index (χ2n) is 6.81. The van der Waals surface area contributed by atoms with Gasteiger partial charge in [0.05, 0.1) is 7.11 Å². The zero-order valence-electron chi connectivity index (χ0n) is 17.0. The Balaban J connectivity index is 0.000000300. The van der Waals surface area contributed by atoms with Crippen LogP contribution in [0, 0.1) is 27.7 Å². The van der Waals surface area contributed by atoms with Crippen LogP contribution in [0.4, 0.5) is 0 Å². The number of carbonyl (C=O) groups excluding carboxylic acids is 2. The summed E-state index contributed by atoms with van der Waals surface area (Å²) in [5, 5.41) is 2.99. The Bertz CT molecular complexity index is 1070. The van der Waals surface area contributed by atoms with Crippen LogP contribution in [0.25, 0.3) is 16.8 Å². The van der Waals surface area contributed by atoms with Crippen LogP contribution in [0.15, 0.2) is 29.2 Å². The molecule has 3 rings (SSSR count). The molecule has 0 aliphatic carbocycles. The number of aromatic amines is 1. The Morgan fingerprint density at radius 3 is 2.21 bits per heavy atom. The maximum absolute atomic E-state index is 12.0. The number of Topliss-reactive ketones (excluding diaryl/α,β-unsaturated/α-hetero) is 1. The van der Waals surface area contributed by atoms with Gasteiger partial charge in [-0.15, -0.1) is 0 Å². The molecule has 2 heterocycles. The van der Waals surface area contributed by atoms with Crippen molar-refractivity contribution in [2.75, 3.05) is 7.11 Å². The number of ether oxygens (including phenoxy) is 1. The summed E-state index contributed by atoms with van der Waals surface area (Å²) in [6.45, 7) is 9.45. The molecule has 7 heteroatoms. The highest BCUT2D eigenvalue weighted by atomic mass is 16.5. The minimum absolute atomic E-state index is 0.0823. The van der Waals surface area contributed by atoms with Gasteiger partial charge in [0.1, 0.15) is 12.2 Å². The van der Waals surface area contributed by atoms with Crippen LogP contribution >= 0.6 is 0 Å². The van der Waals surface area contributed by atoms with Gasteiger partial charge in [-0.3, -0.25) is 19.5 Å². The number of ketones is 1. The molecule has 0 aliphatic heterocycles. The van der Waals surface area contributed by atoms with Crippen molar-refractivity contribution >= 4 is 17.4 Å². The number of nitrogens with one attached hydrogen (secondary N) is 1. The van der Waals surface area contributed by atoms with Crippen molar-refractivity contribution in [3.8, 4) is 11.1 Å². The molecule has 148 valence electrons. The maximum Gasteiger partial charge on any atom is 0.313 e. The highest BCUT2D eigenvalue weighted by Crippen LogP contribution is 2.30. The molecule has 7 nitrogen and oxygen atoms in total. The van der Waals surface area contributed by atoms with Gasteiger partial charge in [-0.2, -0.15) is 0 Å². The number of hydrogen-bond donors (Lipinski definition) is 1. The molecule has 1 N–H and O–H groups in total. The highest BCUT2D eigenvalue weighted by Gasteiger charge is 2.14. The molecule has 0 fully saturated rings. The standard InChI is InChI=1S/C16H17N3O.C5H8O3/c1-9-5-10(2)15(11(3)6-9)13-8-17-19-14(20)7-12(4)18-16(13)19;1-4(6)3-5(7)8-2/h5-8,17H,1-4H3;3H2,1-2H3. The van der Waals surface area contributed by atoms with Crippen LogP contribution in [-0.2, 0) is 14.3 Å².